The standard InChI is InChI=1S/C13H25N3O2/c1-4-10-6-7-15-11(8-10)13(18)16(3)9-12(17)14-5-2/h10-11,15H,4-9H2,1-3H3,(H,14,17). The molecule has 1 rings (SSSR count). The summed E-state index contributed by atoms with van der Waals surface area (Å²) in [5, 5.41) is 5.95. The molecule has 0 saturated carbocycles. The summed E-state index contributed by atoms with van der Waals surface area (Å²) in [4.78, 5) is 25.1. The molecule has 0 radical (unpaired) electrons. The number of carbonyl (C=O) groups excluding carboxylic acids is 2. The second-order valence-electron chi connectivity index (χ2n) is 4.95. The van der Waals surface area contributed by atoms with Crippen molar-refractivity contribution in [1.29, 1.82) is 0 Å². The highest BCUT2D eigenvalue weighted by molar-refractivity contribution is 5.87. The van der Waals surface area contributed by atoms with Crippen molar-refractivity contribution in [3.05, 3.63) is 0 Å². The normalized spacial score (nSPS) is 23.5. The first-order valence-electron chi connectivity index (χ1n) is 6.83. The third-order valence-electron chi connectivity index (χ3n) is 3.52. The van der Waals surface area contributed by atoms with Crippen LogP contribution in [0.15, 0.2) is 0 Å². The Bertz CT molecular complexity index is 294. The largest absolute Gasteiger partial charge is 0.355 e. The summed E-state index contributed by atoms with van der Waals surface area (Å²) in [6.07, 6.45) is 3.14. The molecule has 0 aromatic carbocycles. The number of hydrogen-bond acceptors (Lipinski definition) is 3. The van der Waals surface area contributed by atoms with Gasteiger partial charge in [0.25, 0.3) is 0 Å². The minimum Gasteiger partial charge on any atom is -0.355 e. The van der Waals surface area contributed by atoms with Crippen LogP contribution in [0.5, 0.6) is 0 Å². The van der Waals surface area contributed by atoms with Gasteiger partial charge in [-0.05, 0) is 32.2 Å². The lowest BCUT2D eigenvalue weighted by Gasteiger charge is -2.31. The van der Waals surface area contributed by atoms with Crippen molar-refractivity contribution >= 4 is 11.8 Å². The summed E-state index contributed by atoms with van der Waals surface area (Å²) in [5.74, 6) is 0.550. The van der Waals surface area contributed by atoms with E-state index in [0.717, 1.165) is 25.8 Å². The van der Waals surface area contributed by atoms with Crippen molar-refractivity contribution in [2.24, 2.45) is 5.92 Å². The molecule has 1 fully saturated rings. The van der Waals surface area contributed by atoms with Gasteiger partial charge in [-0.1, -0.05) is 13.3 Å². The van der Waals surface area contributed by atoms with Crippen LogP contribution in [0.25, 0.3) is 0 Å². The van der Waals surface area contributed by atoms with Crippen LogP contribution in [0, 0.1) is 5.92 Å². The van der Waals surface area contributed by atoms with Crippen LogP contribution in [0.3, 0.4) is 0 Å². The van der Waals surface area contributed by atoms with Gasteiger partial charge in [-0.15, -0.1) is 0 Å². The van der Waals surface area contributed by atoms with Crippen molar-refractivity contribution in [1.82, 2.24) is 15.5 Å². The molecule has 5 heteroatoms. The average Bonchev–Trinajstić information content (AvgIpc) is 2.38. The van der Waals surface area contributed by atoms with Crippen molar-refractivity contribution in [3.8, 4) is 0 Å². The molecule has 0 aromatic rings. The molecule has 2 unspecified atom stereocenters. The molecule has 104 valence electrons. The maximum atomic E-state index is 12.2. The van der Waals surface area contributed by atoms with Crippen molar-refractivity contribution in [2.75, 3.05) is 26.7 Å². The highest BCUT2D eigenvalue weighted by Crippen LogP contribution is 2.20. The van der Waals surface area contributed by atoms with Gasteiger partial charge >= 0.3 is 0 Å². The predicted molar refractivity (Wildman–Crippen MR) is 71.1 cm³/mol. The molecule has 1 aliphatic rings. The molecule has 5 nitrogen and oxygen atoms in total. The van der Waals surface area contributed by atoms with Gasteiger partial charge in [-0.2, -0.15) is 0 Å². The lowest BCUT2D eigenvalue weighted by atomic mass is 9.90. The summed E-state index contributed by atoms with van der Waals surface area (Å²) in [6, 6.07) is -0.122. The van der Waals surface area contributed by atoms with Crippen LogP contribution in [0.1, 0.15) is 33.1 Å². The second kappa shape index (κ2) is 7.36. The van der Waals surface area contributed by atoms with Crippen LogP contribution in [-0.2, 0) is 9.59 Å². The van der Waals surface area contributed by atoms with Crippen molar-refractivity contribution in [2.45, 2.75) is 39.2 Å². The van der Waals surface area contributed by atoms with E-state index in [1.54, 1.807) is 7.05 Å². The van der Waals surface area contributed by atoms with Gasteiger partial charge in [-0.25, -0.2) is 0 Å². The molecule has 18 heavy (non-hydrogen) atoms. The second-order valence-corrected chi connectivity index (χ2v) is 4.95. The topological polar surface area (TPSA) is 61.4 Å². The molecule has 1 heterocycles. The lowest BCUT2D eigenvalue weighted by Crippen LogP contribution is -2.51. The number of carbonyl (C=O) groups is 2. The molecule has 1 saturated heterocycles. The SMILES string of the molecule is CCNC(=O)CN(C)C(=O)C1CC(CC)CCN1. The first kappa shape index (κ1) is 15.0. The molecule has 0 spiro atoms. The summed E-state index contributed by atoms with van der Waals surface area (Å²) in [5.41, 5.74) is 0. The van der Waals surface area contributed by atoms with Gasteiger partial charge in [0, 0.05) is 13.6 Å². The van der Waals surface area contributed by atoms with Gasteiger partial charge in [0.05, 0.1) is 12.6 Å². The van der Waals surface area contributed by atoms with E-state index in [9.17, 15) is 9.59 Å². The number of likely N-dealkylation sites (N-methyl/N-ethyl adjacent to an activating group) is 2. The van der Waals surface area contributed by atoms with Crippen LogP contribution >= 0.6 is 0 Å². The van der Waals surface area contributed by atoms with E-state index in [1.807, 2.05) is 6.92 Å². The van der Waals surface area contributed by atoms with Gasteiger partial charge in [0.15, 0.2) is 0 Å². The smallest absolute Gasteiger partial charge is 0.239 e. The van der Waals surface area contributed by atoms with Crippen LogP contribution in [0.2, 0.25) is 0 Å². The van der Waals surface area contributed by atoms with Crippen molar-refractivity contribution in [3.63, 3.8) is 0 Å². The molecule has 0 aromatic heterocycles. The number of nitrogens with zero attached hydrogens (tertiary/aromatic N) is 1. The van der Waals surface area contributed by atoms with Crippen molar-refractivity contribution < 1.29 is 9.59 Å². The monoisotopic (exact) mass is 255 g/mol. The third-order valence-corrected chi connectivity index (χ3v) is 3.52. The van der Waals surface area contributed by atoms with Crippen LogP contribution in [-0.4, -0.2) is 49.4 Å². The maximum Gasteiger partial charge on any atom is 0.239 e. The van der Waals surface area contributed by atoms with Crippen LogP contribution < -0.4 is 10.6 Å². The molecular formula is C13H25N3O2. The van der Waals surface area contributed by atoms with E-state index in [-0.39, 0.29) is 24.4 Å². The maximum absolute atomic E-state index is 12.2. The first-order valence-corrected chi connectivity index (χ1v) is 6.83. The minimum atomic E-state index is -0.122. The Labute approximate surface area is 109 Å². The highest BCUT2D eigenvalue weighted by atomic mass is 16.2. The van der Waals surface area contributed by atoms with E-state index in [0.29, 0.717) is 12.5 Å². The zero-order valence-corrected chi connectivity index (χ0v) is 11.7. The summed E-state index contributed by atoms with van der Waals surface area (Å²) in [6.45, 7) is 5.66. The Morgan fingerprint density at radius 3 is 2.72 bits per heavy atom. The molecule has 2 atom stereocenters. The molecule has 2 N–H and O–H groups in total. The number of amides is 2. The van der Waals surface area contributed by atoms with Gasteiger partial charge in [-0.3, -0.25) is 9.59 Å². The summed E-state index contributed by atoms with van der Waals surface area (Å²) in [7, 11) is 1.69. The van der Waals surface area contributed by atoms with Gasteiger partial charge in [0.2, 0.25) is 11.8 Å². The summed E-state index contributed by atoms with van der Waals surface area (Å²) < 4.78 is 0. The first-order chi connectivity index (χ1) is 8.58. The third kappa shape index (κ3) is 4.29. The molecule has 1 aliphatic heterocycles. The van der Waals surface area contributed by atoms with E-state index in [1.165, 1.54) is 4.90 Å². The van der Waals surface area contributed by atoms with E-state index in [2.05, 4.69) is 17.6 Å². The Morgan fingerprint density at radius 1 is 1.39 bits per heavy atom. The molecular weight excluding hydrogens is 230 g/mol. The number of piperidine rings is 1. The van der Waals surface area contributed by atoms with Gasteiger partial charge < -0.3 is 15.5 Å². The quantitative estimate of drug-likeness (QED) is 0.745. The fourth-order valence-electron chi connectivity index (χ4n) is 2.37. The zero-order chi connectivity index (χ0) is 13.5. The highest BCUT2D eigenvalue weighted by Gasteiger charge is 2.28. The lowest BCUT2D eigenvalue weighted by molar-refractivity contribution is -0.137. The molecule has 2 amide bonds. The fraction of sp³-hybridized carbons (Fsp3) is 0.846. The number of hydrogen-bond donors (Lipinski definition) is 2. The van der Waals surface area contributed by atoms with E-state index in [4.69, 9.17) is 0 Å². The Kier molecular flexibility index (Phi) is 6.12. The molecule has 0 bridgehead atoms. The Balaban J connectivity index is 2.44. The Morgan fingerprint density at radius 2 is 2.11 bits per heavy atom. The fourth-order valence-corrected chi connectivity index (χ4v) is 2.37. The molecule has 0 aliphatic carbocycles. The Hall–Kier alpha value is -1.10. The summed E-state index contributed by atoms with van der Waals surface area (Å²) >= 11 is 0. The van der Waals surface area contributed by atoms with Gasteiger partial charge in [0.1, 0.15) is 0 Å². The predicted octanol–water partition coefficient (Wildman–Crippen LogP) is 0.359. The number of nitrogens with one attached hydrogen (secondary N) is 2. The zero-order valence-electron chi connectivity index (χ0n) is 11.7. The minimum absolute atomic E-state index is 0.0272. The number of rotatable bonds is 5. The van der Waals surface area contributed by atoms with E-state index >= 15 is 0 Å². The van der Waals surface area contributed by atoms with E-state index < -0.39 is 0 Å². The van der Waals surface area contributed by atoms with Crippen LogP contribution in [0.4, 0.5) is 0 Å². The average molecular weight is 255 g/mol.